The molecule has 0 amide bonds. The molecule has 0 fully saturated rings. The lowest BCUT2D eigenvalue weighted by Crippen LogP contribution is -1.88. The Hall–Kier alpha value is -1.38. The molecule has 0 radical (unpaired) electrons. The number of hydrogen-bond acceptors (Lipinski definition) is 2. The Morgan fingerprint density at radius 2 is 2.42 bits per heavy atom. The Labute approximate surface area is 72.5 Å². The lowest BCUT2D eigenvalue weighted by atomic mass is 10.5. The summed E-state index contributed by atoms with van der Waals surface area (Å²) in [5.41, 5.74) is 0.971. The molecule has 0 aromatic carbocycles. The maximum absolute atomic E-state index is 4.13. The Morgan fingerprint density at radius 1 is 1.67 bits per heavy atom. The van der Waals surface area contributed by atoms with Gasteiger partial charge in [0, 0.05) is 24.8 Å². The standard InChI is InChI=1S/C9H13N3/c1-4-10-8(2)7-12-6-5-11-9(12)3/h4-7H,1-3H3/b8-7-,10-4?. The molecule has 3 nitrogen and oxygen atoms in total. The Balaban J connectivity index is 2.87. The minimum Gasteiger partial charge on any atom is -0.309 e. The van der Waals surface area contributed by atoms with Crippen molar-refractivity contribution >= 4 is 12.4 Å². The van der Waals surface area contributed by atoms with Crippen molar-refractivity contribution in [2.24, 2.45) is 4.99 Å². The molecule has 0 saturated carbocycles. The first-order chi connectivity index (χ1) is 5.74. The predicted octanol–water partition coefficient (Wildman–Crippen LogP) is 2.10. The van der Waals surface area contributed by atoms with Crippen LogP contribution in [0.2, 0.25) is 0 Å². The minimum absolute atomic E-state index is 0.971. The number of hydrogen-bond donors (Lipinski definition) is 0. The van der Waals surface area contributed by atoms with Gasteiger partial charge >= 0.3 is 0 Å². The van der Waals surface area contributed by atoms with Gasteiger partial charge in [0.1, 0.15) is 5.82 Å². The number of aromatic nitrogens is 2. The van der Waals surface area contributed by atoms with Crippen LogP contribution in [0.15, 0.2) is 23.1 Å². The minimum atomic E-state index is 0.971. The van der Waals surface area contributed by atoms with Crippen molar-refractivity contribution in [3.05, 3.63) is 23.9 Å². The largest absolute Gasteiger partial charge is 0.309 e. The van der Waals surface area contributed by atoms with E-state index in [2.05, 4.69) is 9.98 Å². The van der Waals surface area contributed by atoms with E-state index >= 15 is 0 Å². The van der Waals surface area contributed by atoms with Crippen molar-refractivity contribution in [1.29, 1.82) is 0 Å². The number of allylic oxidation sites excluding steroid dienone is 1. The van der Waals surface area contributed by atoms with Crippen molar-refractivity contribution in [2.75, 3.05) is 0 Å². The van der Waals surface area contributed by atoms with Gasteiger partial charge in [0.05, 0.1) is 5.70 Å². The average Bonchev–Trinajstić information content (AvgIpc) is 2.37. The molecule has 0 aliphatic heterocycles. The summed E-state index contributed by atoms with van der Waals surface area (Å²) in [6, 6.07) is 0. The number of nitrogens with zero attached hydrogens (tertiary/aromatic N) is 3. The van der Waals surface area contributed by atoms with Gasteiger partial charge in [0.25, 0.3) is 0 Å². The van der Waals surface area contributed by atoms with E-state index in [0.717, 1.165) is 11.5 Å². The first-order valence-corrected chi connectivity index (χ1v) is 3.90. The van der Waals surface area contributed by atoms with Crippen LogP contribution in [0, 0.1) is 6.92 Å². The normalized spacial score (nSPS) is 12.8. The maximum Gasteiger partial charge on any atom is 0.109 e. The molecule has 1 heterocycles. The van der Waals surface area contributed by atoms with Crippen LogP contribution in [-0.2, 0) is 0 Å². The van der Waals surface area contributed by atoms with Crippen molar-refractivity contribution in [2.45, 2.75) is 20.8 Å². The Kier molecular flexibility index (Phi) is 2.80. The second-order valence-corrected chi connectivity index (χ2v) is 2.54. The van der Waals surface area contributed by atoms with Crippen LogP contribution in [-0.4, -0.2) is 15.8 Å². The third kappa shape index (κ3) is 2.05. The van der Waals surface area contributed by atoms with E-state index in [4.69, 9.17) is 0 Å². The molecule has 12 heavy (non-hydrogen) atoms. The van der Waals surface area contributed by atoms with Crippen molar-refractivity contribution in [3.63, 3.8) is 0 Å². The molecule has 0 aliphatic carbocycles. The zero-order valence-corrected chi connectivity index (χ0v) is 7.65. The van der Waals surface area contributed by atoms with Gasteiger partial charge in [-0.05, 0) is 20.8 Å². The van der Waals surface area contributed by atoms with Crippen LogP contribution in [0.4, 0.5) is 0 Å². The second kappa shape index (κ2) is 3.85. The van der Waals surface area contributed by atoms with E-state index in [9.17, 15) is 0 Å². The summed E-state index contributed by atoms with van der Waals surface area (Å²) in [7, 11) is 0. The maximum atomic E-state index is 4.13. The Morgan fingerprint density at radius 3 is 2.92 bits per heavy atom. The van der Waals surface area contributed by atoms with Gasteiger partial charge in [0.15, 0.2) is 0 Å². The molecule has 0 saturated heterocycles. The summed E-state index contributed by atoms with van der Waals surface area (Å²) < 4.78 is 1.95. The molecular formula is C9H13N3. The highest BCUT2D eigenvalue weighted by Gasteiger charge is 1.91. The van der Waals surface area contributed by atoms with Crippen LogP contribution in [0.3, 0.4) is 0 Å². The molecule has 1 aromatic rings. The molecular weight excluding hydrogens is 150 g/mol. The number of imidazole rings is 1. The molecule has 0 unspecified atom stereocenters. The fraction of sp³-hybridized carbons (Fsp3) is 0.333. The van der Waals surface area contributed by atoms with Crippen LogP contribution >= 0.6 is 0 Å². The average molecular weight is 163 g/mol. The molecule has 0 spiro atoms. The molecule has 3 heteroatoms. The highest BCUT2D eigenvalue weighted by Crippen LogP contribution is 2.01. The van der Waals surface area contributed by atoms with Crippen molar-refractivity contribution in [1.82, 2.24) is 9.55 Å². The third-order valence-corrected chi connectivity index (χ3v) is 1.52. The van der Waals surface area contributed by atoms with Gasteiger partial charge in [-0.1, -0.05) is 0 Å². The van der Waals surface area contributed by atoms with Crippen LogP contribution in [0.5, 0.6) is 0 Å². The smallest absolute Gasteiger partial charge is 0.109 e. The van der Waals surface area contributed by atoms with Crippen molar-refractivity contribution in [3.8, 4) is 0 Å². The SMILES string of the molecule is CC=N/C(C)=C\n1ccnc1C. The fourth-order valence-electron chi connectivity index (χ4n) is 0.962. The monoisotopic (exact) mass is 163 g/mol. The third-order valence-electron chi connectivity index (χ3n) is 1.52. The Bertz CT molecular complexity index is 307. The molecule has 64 valence electrons. The molecule has 0 atom stereocenters. The van der Waals surface area contributed by atoms with E-state index in [-0.39, 0.29) is 0 Å². The zero-order valence-electron chi connectivity index (χ0n) is 7.65. The van der Waals surface area contributed by atoms with Gasteiger partial charge in [-0.15, -0.1) is 0 Å². The highest BCUT2D eigenvalue weighted by atomic mass is 15.0. The zero-order chi connectivity index (χ0) is 8.97. The summed E-state index contributed by atoms with van der Waals surface area (Å²) in [6.07, 6.45) is 7.40. The van der Waals surface area contributed by atoms with Gasteiger partial charge in [-0.25, -0.2) is 4.98 Å². The number of aryl methyl sites for hydroxylation is 1. The van der Waals surface area contributed by atoms with E-state index in [1.165, 1.54) is 0 Å². The van der Waals surface area contributed by atoms with Gasteiger partial charge in [0.2, 0.25) is 0 Å². The predicted molar refractivity (Wildman–Crippen MR) is 51.1 cm³/mol. The highest BCUT2D eigenvalue weighted by molar-refractivity contribution is 5.56. The van der Waals surface area contributed by atoms with Gasteiger partial charge < -0.3 is 4.57 Å². The lowest BCUT2D eigenvalue weighted by Gasteiger charge is -1.96. The van der Waals surface area contributed by atoms with Crippen molar-refractivity contribution < 1.29 is 0 Å². The van der Waals surface area contributed by atoms with E-state index < -0.39 is 0 Å². The van der Waals surface area contributed by atoms with E-state index in [0.29, 0.717) is 0 Å². The number of aliphatic imine (C=N–C) groups is 1. The van der Waals surface area contributed by atoms with Crippen LogP contribution in [0.25, 0.3) is 6.20 Å². The summed E-state index contributed by atoms with van der Waals surface area (Å²) in [4.78, 5) is 8.22. The topological polar surface area (TPSA) is 30.2 Å². The van der Waals surface area contributed by atoms with E-state index in [1.807, 2.05) is 37.7 Å². The van der Waals surface area contributed by atoms with Crippen LogP contribution < -0.4 is 0 Å². The quantitative estimate of drug-likeness (QED) is 0.614. The summed E-state index contributed by atoms with van der Waals surface area (Å²) in [6.45, 7) is 5.82. The first kappa shape index (κ1) is 8.71. The first-order valence-electron chi connectivity index (χ1n) is 3.90. The molecule has 1 rings (SSSR count). The molecule has 0 N–H and O–H groups in total. The number of rotatable bonds is 2. The molecule has 0 aliphatic rings. The summed E-state index contributed by atoms with van der Waals surface area (Å²) >= 11 is 0. The lowest BCUT2D eigenvalue weighted by molar-refractivity contribution is 1.02. The van der Waals surface area contributed by atoms with Gasteiger partial charge in [-0.2, -0.15) is 0 Å². The summed E-state index contributed by atoms with van der Waals surface area (Å²) in [5.74, 6) is 0.973. The van der Waals surface area contributed by atoms with Crippen LogP contribution in [0.1, 0.15) is 19.7 Å². The molecule has 1 aromatic heterocycles. The second-order valence-electron chi connectivity index (χ2n) is 2.54. The molecule has 0 bridgehead atoms. The van der Waals surface area contributed by atoms with Gasteiger partial charge in [-0.3, -0.25) is 4.99 Å². The van der Waals surface area contributed by atoms with E-state index in [1.54, 1.807) is 12.4 Å². The fourth-order valence-corrected chi connectivity index (χ4v) is 0.962. The summed E-state index contributed by atoms with van der Waals surface area (Å²) in [5, 5.41) is 0.